The van der Waals surface area contributed by atoms with E-state index in [1.165, 1.54) is 16.7 Å². The van der Waals surface area contributed by atoms with E-state index >= 15 is 0 Å². The van der Waals surface area contributed by atoms with Crippen molar-refractivity contribution in [3.05, 3.63) is 96.1 Å². The molecule has 0 bridgehead atoms. The molecular formula is C24H19BO2. The van der Waals surface area contributed by atoms with Crippen molar-refractivity contribution < 1.29 is 10.0 Å². The van der Waals surface area contributed by atoms with Crippen LogP contribution in [-0.4, -0.2) is 17.2 Å². The lowest BCUT2D eigenvalue weighted by Crippen LogP contribution is -2.31. The normalized spacial score (nSPS) is 18.4. The summed E-state index contributed by atoms with van der Waals surface area (Å²) in [5, 5.41) is 24.1. The number of allylic oxidation sites excluding steroid dienone is 8. The van der Waals surface area contributed by atoms with E-state index < -0.39 is 7.12 Å². The molecule has 0 heterocycles. The first-order chi connectivity index (χ1) is 13.2. The molecule has 27 heavy (non-hydrogen) atoms. The van der Waals surface area contributed by atoms with Crippen molar-refractivity contribution in [2.45, 2.75) is 6.42 Å². The largest absolute Gasteiger partial charge is 0.489 e. The van der Waals surface area contributed by atoms with Crippen LogP contribution in [0.4, 0.5) is 0 Å². The molecule has 0 saturated carbocycles. The van der Waals surface area contributed by atoms with Crippen molar-refractivity contribution in [2.24, 2.45) is 5.92 Å². The van der Waals surface area contributed by atoms with E-state index in [0.717, 1.165) is 28.0 Å². The Hall–Kier alpha value is -2.88. The van der Waals surface area contributed by atoms with Gasteiger partial charge in [0.15, 0.2) is 0 Å². The summed E-state index contributed by atoms with van der Waals surface area (Å²) in [6.45, 7) is 0. The number of hydrogen-bond acceptors (Lipinski definition) is 2. The molecule has 1 unspecified atom stereocenters. The van der Waals surface area contributed by atoms with Crippen LogP contribution in [0.1, 0.15) is 12.0 Å². The second-order valence-electron chi connectivity index (χ2n) is 7.17. The zero-order valence-electron chi connectivity index (χ0n) is 14.8. The van der Waals surface area contributed by atoms with Gasteiger partial charge in [0.05, 0.1) is 0 Å². The molecule has 3 aromatic rings. The minimum Gasteiger partial charge on any atom is -0.423 e. The summed E-state index contributed by atoms with van der Waals surface area (Å²) in [7, 11) is -1.51. The first-order valence-corrected chi connectivity index (χ1v) is 9.29. The van der Waals surface area contributed by atoms with Gasteiger partial charge in [-0.25, -0.2) is 0 Å². The average molecular weight is 350 g/mol. The molecule has 0 amide bonds. The maximum absolute atomic E-state index is 10.1. The fourth-order valence-corrected chi connectivity index (χ4v) is 4.44. The monoisotopic (exact) mass is 350 g/mol. The van der Waals surface area contributed by atoms with Crippen LogP contribution in [0.25, 0.3) is 27.1 Å². The topological polar surface area (TPSA) is 40.5 Å². The van der Waals surface area contributed by atoms with Gasteiger partial charge in [0, 0.05) is 5.92 Å². The summed E-state index contributed by atoms with van der Waals surface area (Å²) in [5.74, 6) is 0.399. The van der Waals surface area contributed by atoms with Crippen LogP contribution in [0.2, 0.25) is 0 Å². The van der Waals surface area contributed by atoms with Crippen molar-refractivity contribution >= 4 is 39.7 Å². The number of rotatable bonds is 2. The number of benzene rings is 3. The van der Waals surface area contributed by atoms with E-state index in [1.807, 2.05) is 36.4 Å². The predicted molar refractivity (Wildman–Crippen MR) is 114 cm³/mol. The molecule has 2 aliphatic carbocycles. The third-order valence-corrected chi connectivity index (χ3v) is 5.64. The van der Waals surface area contributed by atoms with Gasteiger partial charge >= 0.3 is 7.12 Å². The first-order valence-electron chi connectivity index (χ1n) is 9.29. The molecule has 0 fully saturated rings. The molecule has 130 valence electrons. The second-order valence-corrected chi connectivity index (χ2v) is 7.17. The Bertz CT molecular complexity index is 1120. The maximum Gasteiger partial charge on any atom is 0.489 e. The van der Waals surface area contributed by atoms with Crippen LogP contribution in [0.5, 0.6) is 0 Å². The van der Waals surface area contributed by atoms with Crippen molar-refractivity contribution in [1.29, 1.82) is 0 Å². The van der Waals surface area contributed by atoms with Crippen molar-refractivity contribution in [3.8, 4) is 0 Å². The van der Waals surface area contributed by atoms with Gasteiger partial charge in [0.25, 0.3) is 0 Å². The third kappa shape index (κ3) is 2.59. The Morgan fingerprint density at radius 3 is 2.04 bits per heavy atom. The van der Waals surface area contributed by atoms with E-state index in [4.69, 9.17) is 0 Å². The standard InChI is InChI=1S/C24H19BO2/c26-25(27)24-21-11-5-3-9-19(21)23(20-10-4-6-12-22(20)24)18-14-13-16-7-1-2-8-17(16)15-18/h1-14,17,26-27H,15H2. The van der Waals surface area contributed by atoms with Gasteiger partial charge in [0.1, 0.15) is 0 Å². The molecule has 0 saturated heterocycles. The molecule has 2 aliphatic rings. The lowest BCUT2D eigenvalue weighted by Gasteiger charge is -2.25. The van der Waals surface area contributed by atoms with E-state index in [2.05, 4.69) is 48.6 Å². The van der Waals surface area contributed by atoms with E-state index in [0.29, 0.717) is 11.4 Å². The fraction of sp³-hybridized carbons (Fsp3) is 0.0833. The molecular weight excluding hydrogens is 331 g/mol. The molecule has 1 atom stereocenters. The van der Waals surface area contributed by atoms with Gasteiger partial charge in [-0.05, 0) is 50.1 Å². The van der Waals surface area contributed by atoms with Gasteiger partial charge in [-0.3, -0.25) is 0 Å². The quantitative estimate of drug-likeness (QED) is 0.539. The molecule has 2 N–H and O–H groups in total. The molecule has 0 aromatic heterocycles. The summed E-state index contributed by atoms with van der Waals surface area (Å²) in [4.78, 5) is 0. The Kier molecular flexibility index (Phi) is 3.85. The van der Waals surface area contributed by atoms with E-state index in [9.17, 15) is 10.0 Å². The van der Waals surface area contributed by atoms with Crippen molar-refractivity contribution in [2.75, 3.05) is 0 Å². The van der Waals surface area contributed by atoms with Crippen molar-refractivity contribution in [3.63, 3.8) is 0 Å². The fourth-order valence-electron chi connectivity index (χ4n) is 4.44. The Labute approximate surface area is 158 Å². The second kappa shape index (κ2) is 6.38. The van der Waals surface area contributed by atoms with Gasteiger partial charge in [-0.15, -0.1) is 0 Å². The maximum atomic E-state index is 10.1. The zero-order chi connectivity index (χ0) is 18.4. The summed E-state index contributed by atoms with van der Waals surface area (Å²) >= 11 is 0. The van der Waals surface area contributed by atoms with Crippen LogP contribution >= 0.6 is 0 Å². The molecule has 3 aromatic carbocycles. The summed E-state index contributed by atoms with van der Waals surface area (Å²) in [6, 6.07) is 16.1. The van der Waals surface area contributed by atoms with Crippen LogP contribution in [0.15, 0.2) is 90.6 Å². The number of fused-ring (bicyclic) bond motifs is 3. The van der Waals surface area contributed by atoms with Crippen LogP contribution in [0, 0.1) is 5.92 Å². The smallest absolute Gasteiger partial charge is 0.423 e. The summed E-state index contributed by atoms with van der Waals surface area (Å²) < 4.78 is 0. The van der Waals surface area contributed by atoms with Crippen LogP contribution in [-0.2, 0) is 0 Å². The predicted octanol–water partition coefficient (Wildman–Crippen LogP) is 4.13. The highest BCUT2D eigenvalue weighted by molar-refractivity contribution is 6.65. The zero-order valence-corrected chi connectivity index (χ0v) is 14.8. The molecule has 0 spiro atoms. The third-order valence-electron chi connectivity index (χ3n) is 5.64. The molecule has 5 rings (SSSR count). The summed E-state index contributed by atoms with van der Waals surface area (Å²) in [5.41, 5.74) is 4.41. The molecule has 2 nitrogen and oxygen atoms in total. The van der Waals surface area contributed by atoms with Gasteiger partial charge in [-0.1, -0.05) is 85.0 Å². The van der Waals surface area contributed by atoms with Gasteiger partial charge < -0.3 is 10.0 Å². The lowest BCUT2D eigenvalue weighted by molar-refractivity contribution is 0.426. The Morgan fingerprint density at radius 1 is 0.778 bits per heavy atom. The van der Waals surface area contributed by atoms with Gasteiger partial charge in [-0.2, -0.15) is 0 Å². The highest BCUT2D eigenvalue weighted by Gasteiger charge is 2.25. The number of hydrogen-bond donors (Lipinski definition) is 2. The Balaban J connectivity index is 1.86. The first kappa shape index (κ1) is 16.3. The van der Waals surface area contributed by atoms with Crippen LogP contribution in [0.3, 0.4) is 0 Å². The minimum absolute atomic E-state index is 0.399. The minimum atomic E-state index is -1.51. The van der Waals surface area contributed by atoms with E-state index in [1.54, 1.807) is 0 Å². The van der Waals surface area contributed by atoms with Gasteiger partial charge in [0.2, 0.25) is 0 Å². The lowest BCUT2D eigenvalue weighted by atomic mass is 9.71. The van der Waals surface area contributed by atoms with Crippen LogP contribution < -0.4 is 5.46 Å². The SMILES string of the molecule is OB(O)c1c2ccccc2c(C2=CC=C3C=CC=CC3C2)c2ccccc12. The highest BCUT2D eigenvalue weighted by Crippen LogP contribution is 2.40. The van der Waals surface area contributed by atoms with E-state index in [-0.39, 0.29) is 0 Å². The summed E-state index contributed by atoms with van der Waals surface area (Å²) in [6.07, 6.45) is 14.0. The van der Waals surface area contributed by atoms with Crippen molar-refractivity contribution in [1.82, 2.24) is 0 Å². The molecule has 3 heteroatoms. The molecule has 0 aliphatic heterocycles. The molecule has 0 radical (unpaired) electrons. The highest BCUT2D eigenvalue weighted by atomic mass is 16.4. The average Bonchev–Trinajstić information content (AvgIpc) is 2.71. The Morgan fingerprint density at radius 2 is 1.41 bits per heavy atom.